The Hall–Kier alpha value is -0.650. The molecular weight excluding hydrogens is 258 g/mol. The lowest BCUT2D eigenvalue weighted by atomic mass is 10.2. The zero-order chi connectivity index (χ0) is 14.2. The van der Waals surface area contributed by atoms with Crippen LogP contribution in [0.2, 0.25) is 0 Å². The first-order valence-electron chi connectivity index (χ1n) is 7.83. The summed E-state index contributed by atoms with van der Waals surface area (Å²) in [5, 5.41) is 0. The number of esters is 1. The van der Waals surface area contributed by atoms with Crippen LogP contribution in [-0.4, -0.2) is 56.6 Å². The summed E-state index contributed by atoms with van der Waals surface area (Å²) in [6.45, 7) is 2.58. The molecule has 0 aromatic heterocycles. The monoisotopic (exact) mass is 285 g/mol. The van der Waals surface area contributed by atoms with Gasteiger partial charge in [0.05, 0.1) is 20.3 Å². The van der Waals surface area contributed by atoms with Gasteiger partial charge in [-0.1, -0.05) is 12.8 Å². The smallest absolute Gasteiger partial charge is 0.319 e. The van der Waals surface area contributed by atoms with E-state index in [9.17, 15) is 4.79 Å². The van der Waals surface area contributed by atoms with E-state index in [2.05, 4.69) is 4.90 Å². The molecule has 1 unspecified atom stereocenters. The van der Waals surface area contributed by atoms with E-state index < -0.39 is 0 Å². The van der Waals surface area contributed by atoms with Crippen LogP contribution in [0.1, 0.15) is 44.9 Å². The predicted octanol–water partition coefficient (Wildman–Crippen LogP) is 1.95. The Morgan fingerprint density at radius 2 is 1.95 bits per heavy atom. The molecule has 1 saturated carbocycles. The molecule has 0 bridgehead atoms. The van der Waals surface area contributed by atoms with E-state index in [0.29, 0.717) is 19.2 Å². The standard InChI is InChI=1S/C15H27NO4/c1-18-14(17)12-16(13-6-2-3-7-13)9-11-20-15-8-4-5-10-19-15/h13,15H,2-12H2,1H3. The van der Waals surface area contributed by atoms with Gasteiger partial charge in [-0.2, -0.15) is 0 Å². The molecule has 1 aliphatic carbocycles. The molecule has 5 heteroatoms. The van der Waals surface area contributed by atoms with Crippen molar-refractivity contribution in [2.75, 3.05) is 33.4 Å². The number of nitrogens with zero attached hydrogens (tertiary/aromatic N) is 1. The number of methoxy groups -OCH3 is 1. The van der Waals surface area contributed by atoms with E-state index in [-0.39, 0.29) is 12.3 Å². The minimum absolute atomic E-state index is 0.0488. The zero-order valence-corrected chi connectivity index (χ0v) is 12.5. The van der Waals surface area contributed by atoms with Gasteiger partial charge in [-0.3, -0.25) is 9.69 Å². The molecular formula is C15H27NO4. The van der Waals surface area contributed by atoms with Crippen molar-refractivity contribution in [3.8, 4) is 0 Å². The van der Waals surface area contributed by atoms with Crippen LogP contribution in [0.25, 0.3) is 0 Å². The first-order chi connectivity index (χ1) is 9.79. The normalized spacial score (nSPS) is 24.2. The molecule has 116 valence electrons. The number of carbonyl (C=O) groups is 1. The van der Waals surface area contributed by atoms with Gasteiger partial charge in [-0.05, 0) is 32.1 Å². The summed E-state index contributed by atoms with van der Waals surface area (Å²) in [6, 6.07) is 0.505. The van der Waals surface area contributed by atoms with Crippen molar-refractivity contribution in [1.29, 1.82) is 0 Å². The SMILES string of the molecule is COC(=O)CN(CCOC1CCCCO1)C1CCCC1. The zero-order valence-electron chi connectivity index (χ0n) is 12.5. The minimum Gasteiger partial charge on any atom is -0.468 e. The summed E-state index contributed by atoms with van der Waals surface area (Å²) in [6.07, 6.45) is 8.13. The van der Waals surface area contributed by atoms with Crippen molar-refractivity contribution in [3.63, 3.8) is 0 Å². The molecule has 0 aromatic carbocycles. The lowest BCUT2D eigenvalue weighted by Crippen LogP contribution is -2.40. The van der Waals surface area contributed by atoms with Crippen molar-refractivity contribution in [2.24, 2.45) is 0 Å². The molecule has 20 heavy (non-hydrogen) atoms. The van der Waals surface area contributed by atoms with Crippen LogP contribution in [0.3, 0.4) is 0 Å². The van der Waals surface area contributed by atoms with Crippen LogP contribution < -0.4 is 0 Å². The lowest BCUT2D eigenvalue weighted by Gasteiger charge is -2.29. The summed E-state index contributed by atoms with van der Waals surface area (Å²) in [4.78, 5) is 13.7. The first kappa shape index (κ1) is 15.7. The fraction of sp³-hybridized carbons (Fsp3) is 0.933. The quantitative estimate of drug-likeness (QED) is 0.669. The van der Waals surface area contributed by atoms with Crippen LogP contribution in [-0.2, 0) is 19.0 Å². The van der Waals surface area contributed by atoms with E-state index in [0.717, 1.165) is 26.0 Å². The molecule has 1 heterocycles. The lowest BCUT2D eigenvalue weighted by molar-refractivity contribution is -0.165. The second kappa shape index (κ2) is 8.60. The summed E-state index contributed by atoms with van der Waals surface area (Å²) >= 11 is 0. The Kier molecular flexibility index (Phi) is 6.76. The van der Waals surface area contributed by atoms with Gasteiger partial charge in [0, 0.05) is 19.2 Å². The summed E-state index contributed by atoms with van der Waals surface area (Å²) in [5.41, 5.74) is 0. The molecule has 0 radical (unpaired) electrons. The molecule has 2 rings (SSSR count). The van der Waals surface area contributed by atoms with Gasteiger partial charge in [0.15, 0.2) is 6.29 Å². The van der Waals surface area contributed by atoms with Crippen LogP contribution >= 0.6 is 0 Å². The first-order valence-corrected chi connectivity index (χ1v) is 7.83. The molecule has 1 saturated heterocycles. The summed E-state index contributed by atoms with van der Waals surface area (Å²) in [7, 11) is 1.45. The van der Waals surface area contributed by atoms with Crippen LogP contribution in [0.5, 0.6) is 0 Å². The van der Waals surface area contributed by atoms with E-state index in [4.69, 9.17) is 14.2 Å². The Morgan fingerprint density at radius 1 is 1.20 bits per heavy atom. The topological polar surface area (TPSA) is 48.0 Å². The maximum atomic E-state index is 11.5. The van der Waals surface area contributed by atoms with E-state index in [1.54, 1.807) is 0 Å². The highest BCUT2D eigenvalue weighted by molar-refractivity contribution is 5.71. The number of carbonyl (C=O) groups excluding carboxylic acids is 1. The van der Waals surface area contributed by atoms with Crippen LogP contribution in [0, 0.1) is 0 Å². The van der Waals surface area contributed by atoms with Gasteiger partial charge < -0.3 is 14.2 Å². The van der Waals surface area contributed by atoms with Crippen molar-refractivity contribution >= 4 is 5.97 Å². The van der Waals surface area contributed by atoms with Crippen LogP contribution in [0.15, 0.2) is 0 Å². The Bertz CT molecular complexity index is 286. The molecule has 1 aliphatic heterocycles. The molecule has 2 fully saturated rings. The number of rotatable bonds is 7. The third-order valence-corrected chi connectivity index (χ3v) is 4.22. The molecule has 0 spiro atoms. The van der Waals surface area contributed by atoms with E-state index in [1.807, 2.05) is 0 Å². The van der Waals surface area contributed by atoms with Crippen molar-refractivity contribution in [1.82, 2.24) is 4.90 Å². The average molecular weight is 285 g/mol. The number of hydrogen-bond donors (Lipinski definition) is 0. The van der Waals surface area contributed by atoms with Gasteiger partial charge in [0.1, 0.15) is 0 Å². The second-order valence-corrected chi connectivity index (χ2v) is 5.65. The second-order valence-electron chi connectivity index (χ2n) is 5.65. The van der Waals surface area contributed by atoms with Gasteiger partial charge in [-0.15, -0.1) is 0 Å². The Balaban J connectivity index is 1.72. The summed E-state index contributed by atoms with van der Waals surface area (Å²) < 4.78 is 16.1. The highest BCUT2D eigenvalue weighted by Crippen LogP contribution is 2.23. The Morgan fingerprint density at radius 3 is 2.60 bits per heavy atom. The van der Waals surface area contributed by atoms with Crippen molar-refractivity contribution in [2.45, 2.75) is 57.3 Å². The van der Waals surface area contributed by atoms with Gasteiger partial charge in [-0.25, -0.2) is 0 Å². The summed E-state index contributed by atoms with van der Waals surface area (Å²) in [5.74, 6) is -0.161. The third kappa shape index (κ3) is 5.04. The molecule has 5 nitrogen and oxygen atoms in total. The highest BCUT2D eigenvalue weighted by atomic mass is 16.7. The average Bonchev–Trinajstić information content (AvgIpc) is 3.01. The van der Waals surface area contributed by atoms with Crippen molar-refractivity contribution in [3.05, 3.63) is 0 Å². The van der Waals surface area contributed by atoms with Crippen molar-refractivity contribution < 1.29 is 19.0 Å². The fourth-order valence-corrected chi connectivity index (χ4v) is 3.03. The van der Waals surface area contributed by atoms with Crippen LogP contribution in [0.4, 0.5) is 0 Å². The third-order valence-electron chi connectivity index (χ3n) is 4.22. The number of hydrogen-bond acceptors (Lipinski definition) is 5. The minimum atomic E-state index is -0.161. The molecule has 1 atom stereocenters. The fourth-order valence-electron chi connectivity index (χ4n) is 3.03. The predicted molar refractivity (Wildman–Crippen MR) is 75.4 cm³/mol. The molecule has 0 N–H and O–H groups in total. The van der Waals surface area contributed by atoms with Gasteiger partial charge >= 0.3 is 5.97 Å². The molecule has 0 aromatic rings. The van der Waals surface area contributed by atoms with E-state index in [1.165, 1.54) is 39.2 Å². The number of ether oxygens (including phenoxy) is 3. The maximum Gasteiger partial charge on any atom is 0.319 e. The van der Waals surface area contributed by atoms with E-state index >= 15 is 0 Å². The largest absolute Gasteiger partial charge is 0.468 e. The molecule has 0 amide bonds. The maximum absolute atomic E-state index is 11.5. The van der Waals surface area contributed by atoms with Gasteiger partial charge in [0.2, 0.25) is 0 Å². The Labute approximate surface area is 121 Å². The highest BCUT2D eigenvalue weighted by Gasteiger charge is 2.25. The van der Waals surface area contributed by atoms with Gasteiger partial charge in [0.25, 0.3) is 0 Å². The molecule has 2 aliphatic rings.